The fourth-order valence-corrected chi connectivity index (χ4v) is 3.43. The quantitative estimate of drug-likeness (QED) is 0.594. The zero-order chi connectivity index (χ0) is 15.2. The Morgan fingerprint density at radius 3 is 2.65 bits per heavy atom. The molecule has 5 nitrogen and oxygen atoms in total. The molecule has 5 heteroatoms. The number of carbonyl (C=O) groups is 1. The molecule has 0 bridgehead atoms. The third kappa shape index (κ3) is 5.47. The van der Waals surface area contributed by atoms with E-state index in [1.54, 1.807) is 0 Å². The van der Waals surface area contributed by atoms with Gasteiger partial charge in [0.15, 0.2) is 0 Å². The maximum absolute atomic E-state index is 11.6. The molecule has 1 fully saturated rings. The molecule has 0 heterocycles. The van der Waals surface area contributed by atoms with Gasteiger partial charge in [-0.1, -0.05) is 39.3 Å². The van der Waals surface area contributed by atoms with E-state index in [1.165, 1.54) is 0 Å². The van der Waals surface area contributed by atoms with Gasteiger partial charge in [-0.25, -0.2) is 4.79 Å². The van der Waals surface area contributed by atoms with Crippen molar-refractivity contribution in [1.29, 1.82) is 0 Å². The highest BCUT2D eigenvalue weighted by atomic mass is 16.5. The van der Waals surface area contributed by atoms with E-state index < -0.39 is 0 Å². The number of nitrogens with zero attached hydrogens (tertiary/aromatic N) is 1. The predicted octanol–water partition coefficient (Wildman–Crippen LogP) is 3.86. The van der Waals surface area contributed by atoms with Gasteiger partial charge in [0.25, 0.3) is 0 Å². The second-order valence-electron chi connectivity index (χ2n) is 7.16. The van der Waals surface area contributed by atoms with Crippen LogP contribution in [0.4, 0.5) is 4.79 Å². The van der Waals surface area contributed by atoms with E-state index in [4.69, 9.17) is 4.74 Å². The Bertz CT molecular complexity index is 344. The molecule has 1 amide bonds. The summed E-state index contributed by atoms with van der Waals surface area (Å²) < 4.78 is 5.09. The minimum atomic E-state index is -0.362. The van der Waals surface area contributed by atoms with Crippen LogP contribution < -0.4 is 5.32 Å². The van der Waals surface area contributed by atoms with Crippen LogP contribution in [0.1, 0.15) is 59.8 Å². The molecule has 1 rings (SSSR count). The molecule has 2 unspecified atom stereocenters. The molecule has 0 saturated heterocycles. The fraction of sp³-hybridized carbons (Fsp3) is 0.933. The monoisotopic (exact) mass is 284 g/mol. The Balaban J connectivity index is 2.47. The third-order valence-corrected chi connectivity index (χ3v) is 3.96. The van der Waals surface area contributed by atoms with E-state index in [9.17, 15) is 9.70 Å². The molecule has 1 N–H and O–H groups in total. The first-order valence-electron chi connectivity index (χ1n) is 7.53. The van der Waals surface area contributed by atoms with Gasteiger partial charge in [-0.3, -0.25) is 0 Å². The van der Waals surface area contributed by atoms with E-state index in [0.717, 1.165) is 32.1 Å². The summed E-state index contributed by atoms with van der Waals surface area (Å²) in [5, 5.41) is 6.06. The molecule has 0 aromatic carbocycles. The van der Waals surface area contributed by atoms with Crippen LogP contribution in [0.3, 0.4) is 0 Å². The summed E-state index contributed by atoms with van der Waals surface area (Å²) in [6.07, 6.45) is 4.06. The largest absolute Gasteiger partial charge is 0.450 e. The number of alkyl carbamates (subject to hydrolysis) is 1. The average Bonchev–Trinajstić information content (AvgIpc) is 2.34. The van der Waals surface area contributed by atoms with Crippen molar-refractivity contribution in [3.05, 3.63) is 4.91 Å². The Morgan fingerprint density at radius 1 is 1.35 bits per heavy atom. The molecule has 0 radical (unpaired) electrons. The molecule has 1 aliphatic rings. The van der Waals surface area contributed by atoms with E-state index in [0.29, 0.717) is 13.2 Å². The third-order valence-electron chi connectivity index (χ3n) is 3.96. The number of ether oxygens (including phenoxy) is 1. The van der Waals surface area contributed by atoms with Gasteiger partial charge in [0.2, 0.25) is 0 Å². The van der Waals surface area contributed by atoms with Crippen molar-refractivity contribution < 1.29 is 9.53 Å². The van der Waals surface area contributed by atoms with Crippen LogP contribution in [-0.2, 0) is 4.74 Å². The maximum Gasteiger partial charge on any atom is 0.407 e. The summed E-state index contributed by atoms with van der Waals surface area (Å²) in [5.41, 5.74) is -0.0104. The molecular weight excluding hydrogens is 256 g/mol. The molecule has 1 saturated carbocycles. The Labute approximate surface area is 121 Å². The lowest BCUT2D eigenvalue weighted by molar-refractivity contribution is 0.0778. The van der Waals surface area contributed by atoms with Gasteiger partial charge in [-0.05, 0) is 36.5 Å². The molecule has 20 heavy (non-hydrogen) atoms. The minimum absolute atomic E-state index is 0.0827. The van der Waals surface area contributed by atoms with E-state index in [2.05, 4.69) is 38.2 Å². The van der Waals surface area contributed by atoms with Crippen LogP contribution >= 0.6 is 0 Å². The first-order valence-corrected chi connectivity index (χ1v) is 7.53. The molecule has 0 aromatic heterocycles. The number of amides is 1. The second kappa shape index (κ2) is 7.04. The number of nitroso groups, excluding NO2 is 1. The van der Waals surface area contributed by atoms with Crippen LogP contribution in [0.2, 0.25) is 0 Å². The zero-order valence-electron chi connectivity index (χ0n) is 13.2. The van der Waals surface area contributed by atoms with Crippen molar-refractivity contribution in [1.82, 2.24) is 5.32 Å². The highest BCUT2D eigenvalue weighted by molar-refractivity contribution is 5.67. The van der Waals surface area contributed by atoms with Crippen molar-refractivity contribution in [3.8, 4) is 0 Å². The number of hydrogen-bond acceptors (Lipinski definition) is 4. The van der Waals surface area contributed by atoms with Crippen LogP contribution in [-0.4, -0.2) is 25.3 Å². The smallest absolute Gasteiger partial charge is 0.407 e. The Kier molecular flexibility index (Phi) is 5.96. The Hall–Kier alpha value is -1.13. The van der Waals surface area contributed by atoms with Crippen LogP contribution in [0, 0.1) is 15.7 Å². The van der Waals surface area contributed by atoms with Crippen LogP contribution in [0.15, 0.2) is 5.18 Å². The topological polar surface area (TPSA) is 67.8 Å². The number of rotatable bonds is 6. The molecular formula is C15H28N2O3. The van der Waals surface area contributed by atoms with Gasteiger partial charge in [0, 0.05) is 6.54 Å². The van der Waals surface area contributed by atoms with Gasteiger partial charge in [0.05, 0.1) is 12.6 Å². The van der Waals surface area contributed by atoms with Crippen LogP contribution in [0.25, 0.3) is 0 Å². The van der Waals surface area contributed by atoms with E-state index >= 15 is 0 Å². The molecule has 0 aliphatic heterocycles. The molecule has 0 aromatic rings. The molecule has 2 atom stereocenters. The van der Waals surface area contributed by atoms with Gasteiger partial charge >= 0.3 is 6.09 Å². The first kappa shape index (κ1) is 16.9. The SMILES string of the molecule is CCCCOC(=O)NCC1(C)CC(N=O)CC(C)(C)C1. The van der Waals surface area contributed by atoms with E-state index in [-0.39, 0.29) is 23.0 Å². The van der Waals surface area contributed by atoms with Gasteiger partial charge in [0.1, 0.15) is 0 Å². The minimum Gasteiger partial charge on any atom is -0.450 e. The van der Waals surface area contributed by atoms with Crippen molar-refractivity contribution >= 4 is 6.09 Å². The number of carbonyl (C=O) groups excluding carboxylic acids is 1. The standard InChI is InChI=1S/C15H28N2O3/c1-5-6-7-20-13(18)16-11-15(4)9-12(17-19)8-14(2,3)10-15/h12H,5-11H2,1-4H3,(H,16,18). The summed E-state index contributed by atoms with van der Waals surface area (Å²) in [6, 6.07) is -0.151. The van der Waals surface area contributed by atoms with Crippen molar-refractivity contribution in [2.75, 3.05) is 13.2 Å². The van der Waals surface area contributed by atoms with Crippen molar-refractivity contribution in [3.63, 3.8) is 0 Å². The Morgan fingerprint density at radius 2 is 2.05 bits per heavy atom. The number of unbranched alkanes of at least 4 members (excludes halogenated alkanes) is 1. The lowest BCUT2D eigenvalue weighted by Crippen LogP contribution is -2.44. The highest BCUT2D eigenvalue weighted by Gasteiger charge is 2.42. The average molecular weight is 284 g/mol. The molecule has 0 spiro atoms. The lowest BCUT2D eigenvalue weighted by atomic mass is 9.63. The molecule has 116 valence electrons. The summed E-state index contributed by atoms with van der Waals surface area (Å²) in [7, 11) is 0. The summed E-state index contributed by atoms with van der Waals surface area (Å²) >= 11 is 0. The summed E-state index contributed by atoms with van der Waals surface area (Å²) in [5.74, 6) is 0. The van der Waals surface area contributed by atoms with Gasteiger partial charge in [-0.15, -0.1) is 0 Å². The second-order valence-corrected chi connectivity index (χ2v) is 7.16. The fourth-order valence-electron chi connectivity index (χ4n) is 3.43. The first-order chi connectivity index (χ1) is 9.30. The maximum atomic E-state index is 11.6. The van der Waals surface area contributed by atoms with Gasteiger partial charge in [-0.2, -0.15) is 4.91 Å². The highest BCUT2D eigenvalue weighted by Crippen LogP contribution is 2.46. The number of hydrogen-bond donors (Lipinski definition) is 1. The number of nitrogens with one attached hydrogen (secondary N) is 1. The van der Waals surface area contributed by atoms with E-state index in [1.807, 2.05) is 0 Å². The lowest BCUT2D eigenvalue weighted by Gasteiger charge is -2.44. The summed E-state index contributed by atoms with van der Waals surface area (Å²) in [4.78, 5) is 22.5. The predicted molar refractivity (Wildman–Crippen MR) is 79.6 cm³/mol. The normalized spacial score (nSPS) is 28.7. The molecule has 1 aliphatic carbocycles. The van der Waals surface area contributed by atoms with Crippen LogP contribution in [0.5, 0.6) is 0 Å². The van der Waals surface area contributed by atoms with Crippen molar-refractivity contribution in [2.24, 2.45) is 16.0 Å². The van der Waals surface area contributed by atoms with Gasteiger partial charge < -0.3 is 10.1 Å². The van der Waals surface area contributed by atoms with Crippen molar-refractivity contribution in [2.45, 2.75) is 65.8 Å². The summed E-state index contributed by atoms with van der Waals surface area (Å²) in [6.45, 7) is 9.47. The zero-order valence-corrected chi connectivity index (χ0v) is 13.2.